The summed E-state index contributed by atoms with van der Waals surface area (Å²) < 4.78 is 28.4. The minimum Gasteiger partial charge on any atom is -0.368 e. The van der Waals surface area contributed by atoms with Crippen molar-refractivity contribution in [3.05, 3.63) is 46.1 Å². The van der Waals surface area contributed by atoms with Gasteiger partial charge in [-0.1, -0.05) is 12.1 Å². The van der Waals surface area contributed by atoms with Gasteiger partial charge < -0.3 is 13.8 Å². The molecule has 5 rings (SSSR count). The number of imidazole rings is 1. The lowest BCUT2D eigenvalue weighted by atomic mass is 10.1. The van der Waals surface area contributed by atoms with Crippen molar-refractivity contribution >= 4 is 16.6 Å². The first-order chi connectivity index (χ1) is 15.0. The SMILES string of the molecule is CCC(C)n1c(=O)c2c(-c3noc(C4CCCO4)n3)ncn2c2ccc(F)c(C#N)c21. The van der Waals surface area contributed by atoms with Crippen LogP contribution in [0, 0.1) is 17.1 Å². The Bertz CT molecular complexity index is 1410. The highest BCUT2D eigenvalue weighted by Gasteiger charge is 2.27. The summed E-state index contributed by atoms with van der Waals surface area (Å²) >= 11 is 0. The smallest absolute Gasteiger partial charge is 0.278 e. The molecule has 2 atom stereocenters. The van der Waals surface area contributed by atoms with Crippen molar-refractivity contribution in [2.24, 2.45) is 0 Å². The van der Waals surface area contributed by atoms with Crippen LogP contribution in [-0.4, -0.2) is 30.7 Å². The molecule has 3 aromatic heterocycles. The molecule has 158 valence electrons. The average Bonchev–Trinajstić information content (AvgIpc) is 3.53. The van der Waals surface area contributed by atoms with Crippen LogP contribution in [0.3, 0.4) is 0 Å². The van der Waals surface area contributed by atoms with Crippen LogP contribution in [0.15, 0.2) is 27.8 Å². The Morgan fingerprint density at radius 1 is 1.39 bits per heavy atom. The first kappa shape index (κ1) is 19.4. The molecular weight excluding hydrogens is 403 g/mol. The standard InChI is InChI=1S/C21H19FN6O3/c1-3-11(2)28-17-12(9-23)13(22)6-7-14(17)27-10-24-16(18(27)21(28)29)19-25-20(31-26-19)15-5-4-8-30-15/h6-7,10-11,15H,3-5,8H2,1-2H3. The Balaban J connectivity index is 1.82. The number of benzene rings is 1. The highest BCUT2D eigenvalue weighted by molar-refractivity contribution is 5.87. The van der Waals surface area contributed by atoms with Gasteiger partial charge in [-0.3, -0.25) is 9.20 Å². The summed E-state index contributed by atoms with van der Waals surface area (Å²) in [5.74, 6) is -0.140. The molecule has 1 aliphatic rings. The predicted octanol–water partition coefficient (Wildman–Crippen LogP) is 3.53. The molecule has 0 aliphatic carbocycles. The average molecular weight is 422 g/mol. The molecule has 10 heteroatoms. The lowest BCUT2D eigenvalue weighted by Gasteiger charge is -2.18. The maximum Gasteiger partial charge on any atom is 0.278 e. The molecule has 1 aliphatic heterocycles. The number of fused-ring (bicyclic) bond motifs is 3. The maximum absolute atomic E-state index is 14.4. The Kier molecular flexibility index (Phi) is 4.55. The summed E-state index contributed by atoms with van der Waals surface area (Å²) in [7, 11) is 0. The lowest BCUT2D eigenvalue weighted by molar-refractivity contribution is 0.0835. The molecule has 0 saturated carbocycles. The van der Waals surface area contributed by atoms with Crippen LogP contribution < -0.4 is 5.56 Å². The van der Waals surface area contributed by atoms with Crippen LogP contribution in [0.4, 0.5) is 4.39 Å². The van der Waals surface area contributed by atoms with E-state index in [1.54, 1.807) is 4.40 Å². The normalized spacial score (nSPS) is 17.4. The minimum absolute atomic E-state index is 0.174. The predicted molar refractivity (Wildman–Crippen MR) is 108 cm³/mol. The van der Waals surface area contributed by atoms with Gasteiger partial charge in [0.1, 0.15) is 41.1 Å². The molecule has 2 unspecified atom stereocenters. The minimum atomic E-state index is -0.675. The van der Waals surface area contributed by atoms with Crippen LogP contribution in [0.5, 0.6) is 0 Å². The largest absolute Gasteiger partial charge is 0.368 e. The number of nitriles is 1. The number of nitrogens with zero attached hydrogens (tertiary/aromatic N) is 6. The van der Waals surface area contributed by atoms with Gasteiger partial charge in [-0.2, -0.15) is 10.2 Å². The number of rotatable bonds is 4. The van der Waals surface area contributed by atoms with E-state index in [1.807, 2.05) is 19.9 Å². The fourth-order valence-electron chi connectivity index (χ4n) is 4.05. The zero-order valence-electron chi connectivity index (χ0n) is 17.0. The highest BCUT2D eigenvalue weighted by atomic mass is 19.1. The Hall–Kier alpha value is -3.58. The van der Waals surface area contributed by atoms with Crippen LogP contribution >= 0.6 is 0 Å². The van der Waals surface area contributed by atoms with Gasteiger partial charge in [0, 0.05) is 12.6 Å². The van der Waals surface area contributed by atoms with E-state index in [1.165, 1.54) is 23.0 Å². The van der Waals surface area contributed by atoms with Crippen molar-refractivity contribution < 1.29 is 13.7 Å². The number of aromatic nitrogens is 5. The van der Waals surface area contributed by atoms with Gasteiger partial charge in [0.2, 0.25) is 5.82 Å². The molecule has 9 nitrogen and oxygen atoms in total. The monoisotopic (exact) mass is 422 g/mol. The Morgan fingerprint density at radius 3 is 2.94 bits per heavy atom. The zero-order chi connectivity index (χ0) is 21.7. The molecular formula is C21H19FN6O3. The third kappa shape index (κ3) is 2.84. The van der Waals surface area contributed by atoms with E-state index in [2.05, 4.69) is 15.1 Å². The van der Waals surface area contributed by atoms with Gasteiger partial charge in [-0.25, -0.2) is 9.37 Å². The molecule has 1 aromatic carbocycles. The topological polar surface area (TPSA) is 111 Å². The molecule has 31 heavy (non-hydrogen) atoms. The van der Waals surface area contributed by atoms with E-state index < -0.39 is 11.4 Å². The Labute approximate surface area is 175 Å². The highest BCUT2D eigenvalue weighted by Crippen LogP contribution is 2.31. The summed E-state index contributed by atoms with van der Waals surface area (Å²) in [6.07, 6.45) is 3.52. The number of ether oxygens (including phenoxy) is 1. The molecule has 0 radical (unpaired) electrons. The van der Waals surface area contributed by atoms with Crippen LogP contribution in [0.1, 0.15) is 56.7 Å². The van der Waals surface area contributed by atoms with E-state index in [0.29, 0.717) is 24.4 Å². The summed E-state index contributed by atoms with van der Waals surface area (Å²) in [6, 6.07) is 4.38. The number of hydrogen-bond acceptors (Lipinski definition) is 7. The van der Waals surface area contributed by atoms with Gasteiger partial charge in [-0.05, 0) is 38.3 Å². The molecule has 1 fully saturated rings. The van der Waals surface area contributed by atoms with E-state index in [-0.39, 0.29) is 40.3 Å². The van der Waals surface area contributed by atoms with Crippen molar-refractivity contribution in [2.45, 2.75) is 45.3 Å². The Morgan fingerprint density at radius 2 is 2.23 bits per heavy atom. The number of hydrogen-bond donors (Lipinski definition) is 0. The summed E-state index contributed by atoms with van der Waals surface area (Å²) in [5, 5.41) is 13.6. The first-order valence-electron chi connectivity index (χ1n) is 10.1. The molecule has 4 heterocycles. The summed E-state index contributed by atoms with van der Waals surface area (Å²) in [4.78, 5) is 22.4. The fraction of sp³-hybridized carbons (Fsp3) is 0.381. The van der Waals surface area contributed by atoms with E-state index in [4.69, 9.17) is 9.26 Å². The second kappa shape index (κ2) is 7.28. The third-order valence-corrected chi connectivity index (χ3v) is 5.80. The molecule has 1 saturated heterocycles. The van der Waals surface area contributed by atoms with Crippen molar-refractivity contribution in [1.29, 1.82) is 5.26 Å². The van der Waals surface area contributed by atoms with Crippen molar-refractivity contribution in [3.8, 4) is 17.6 Å². The van der Waals surface area contributed by atoms with Crippen LogP contribution in [0.2, 0.25) is 0 Å². The number of halogens is 1. The molecule has 0 amide bonds. The summed E-state index contributed by atoms with van der Waals surface area (Å²) in [5.41, 5.74) is 0.663. The lowest BCUT2D eigenvalue weighted by Crippen LogP contribution is -2.26. The van der Waals surface area contributed by atoms with Gasteiger partial charge >= 0.3 is 0 Å². The fourth-order valence-corrected chi connectivity index (χ4v) is 4.05. The second-order valence-electron chi connectivity index (χ2n) is 7.60. The second-order valence-corrected chi connectivity index (χ2v) is 7.60. The van der Waals surface area contributed by atoms with Gasteiger partial charge in [-0.15, -0.1) is 0 Å². The third-order valence-electron chi connectivity index (χ3n) is 5.80. The van der Waals surface area contributed by atoms with E-state index in [0.717, 1.165) is 12.8 Å². The molecule has 0 spiro atoms. The van der Waals surface area contributed by atoms with E-state index in [9.17, 15) is 14.4 Å². The maximum atomic E-state index is 14.4. The molecule has 4 aromatic rings. The van der Waals surface area contributed by atoms with Gasteiger partial charge in [0.15, 0.2) is 0 Å². The first-order valence-corrected chi connectivity index (χ1v) is 10.1. The zero-order valence-corrected chi connectivity index (χ0v) is 17.0. The summed E-state index contributed by atoms with van der Waals surface area (Å²) in [6.45, 7) is 4.41. The van der Waals surface area contributed by atoms with Crippen LogP contribution in [-0.2, 0) is 4.74 Å². The molecule has 0 N–H and O–H groups in total. The van der Waals surface area contributed by atoms with Gasteiger partial charge in [0.05, 0.1) is 11.0 Å². The van der Waals surface area contributed by atoms with Crippen LogP contribution in [0.25, 0.3) is 28.1 Å². The van der Waals surface area contributed by atoms with E-state index >= 15 is 0 Å². The van der Waals surface area contributed by atoms with Crippen molar-refractivity contribution in [1.82, 2.24) is 24.1 Å². The van der Waals surface area contributed by atoms with Crippen molar-refractivity contribution in [2.75, 3.05) is 6.61 Å². The molecule has 0 bridgehead atoms. The quantitative estimate of drug-likeness (QED) is 0.494. The van der Waals surface area contributed by atoms with Gasteiger partial charge in [0.25, 0.3) is 11.4 Å². The van der Waals surface area contributed by atoms with Crippen molar-refractivity contribution in [3.63, 3.8) is 0 Å².